The zero-order valence-electron chi connectivity index (χ0n) is 10.8. The first-order chi connectivity index (χ1) is 8.35. The lowest BCUT2D eigenvalue weighted by molar-refractivity contribution is 0.248. The Hall–Kier alpha value is -0.640. The van der Waals surface area contributed by atoms with Crippen molar-refractivity contribution in [2.24, 2.45) is 5.41 Å². The maximum absolute atomic E-state index is 8.86. The minimum Gasteiger partial charge on any atom is -0.399 e. The standard InChI is InChI=1S/C13H20Cl2N2O/c1-13(2,4-3-5-18)8-17-12-10(14)6-9(16)7-11(12)15/h6-7,17-18H,3-5,8,16H2,1-2H3. The van der Waals surface area contributed by atoms with Gasteiger partial charge in [0, 0.05) is 18.8 Å². The van der Waals surface area contributed by atoms with Gasteiger partial charge in [0.05, 0.1) is 15.7 Å². The van der Waals surface area contributed by atoms with Gasteiger partial charge >= 0.3 is 0 Å². The second-order valence-corrected chi connectivity index (χ2v) is 6.02. The third-order valence-corrected chi connectivity index (χ3v) is 3.42. The lowest BCUT2D eigenvalue weighted by Crippen LogP contribution is -2.23. The summed E-state index contributed by atoms with van der Waals surface area (Å²) in [6.45, 7) is 5.21. The molecule has 0 heterocycles. The van der Waals surface area contributed by atoms with Crippen LogP contribution in [0.25, 0.3) is 0 Å². The van der Waals surface area contributed by atoms with Gasteiger partial charge in [0.2, 0.25) is 0 Å². The first-order valence-corrected chi connectivity index (χ1v) is 6.70. The van der Waals surface area contributed by atoms with Crippen molar-refractivity contribution in [2.75, 3.05) is 24.2 Å². The molecule has 0 aromatic heterocycles. The molecule has 0 saturated carbocycles. The number of nitrogens with two attached hydrogens (primary N) is 1. The fourth-order valence-electron chi connectivity index (χ4n) is 1.74. The predicted octanol–water partition coefficient (Wildman–Crippen LogP) is 3.79. The van der Waals surface area contributed by atoms with E-state index in [1.54, 1.807) is 12.1 Å². The molecule has 1 aromatic rings. The summed E-state index contributed by atoms with van der Waals surface area (Å²) in [7, 11) is 0. The van der Waals surface area contributed by atoms with Gasteiger partial charge in [-0.3, -0.25) is 0 Å². The van der Waals surface area contributed by atoms with Crippen LogP contribution in [0.3, 0.4) is 0 Å². The van der Waals surface area contributed by atoms with E-state index in [9.17, 15) is 0 Å². The Kier molecular flexibility index (Phi) is 5.57. The summed E-state index contributed by atoms with van der Waals surface area (Å²) in [4.78, 5) is 0. The molecular formula is C13H20Cl2N2O. The Labute approximate surface area is 118 Å². The van der Waals surface area contributed by atoms with Gasteiger partial charge in [0.15, 0.2) is 0 Å². The molecule has 0 radical (unpaired) electrons. The number of aliphatic hydroxyl groups is 1. The highest BCUT2D eigenvalue weighted by atomic mass is 35.5. The number of halogens is 2. The van der Waals surface area contributed by atoms with Crippen LogP contribution >= 0.6 is 23.2 Å². The molecule has 3 nitrogen and oxygen atoms in total. The smallest absolute Gasteiger partial charge is 0.0720 e. The highest BCUT2D eigenvalue weighted by Gasteiger charge is 2.18. The van der Waals surface area contributed by atoms with Crippen molar-refractivity contribution in [1.29, 1.82) is 0 Å². The first kappa shape index (κ1) is 15.4. The van der Waals surface area contributed by atoms with Crippen LogP contribution in [0.15, 0.2) is 12.1 Å². The maximum Gasteiger partial charge on any atom is 0.0720 e. The molecule has 5 heteroatoms. The largest absolute Gasteiger partial charge is 0.399 e. The van der Waals surface area contributed by atoms with Crippen molar-refractivity contribution < 1.29 is 5.11 Å². The first-order valence-electron chi connectivity index (χ1n) is 5.95. The minimum atomic E-state index is 0.0662. The molecule has 0 fully saturated rings. The van der Waals surface area contributed by atoms with Crippen LogP contribution in [0.1, 0.15) is 26.7 Å². The van der Waals surface area contributed by atoms with Crippen molar-refractivity contribution in [3.63, 3.8) is 0 Å². The second-order valence-electron chi connectivity index (χ2n) is 5.20. The van der Waals surface area contributed by atoms with Crippen molar-refractivity contribution in [3.05, 3.63) is 22.2 Å². The number of nitrogens with one attached hydrogen (secondary N) is 1. The molecule has 1 rings (SSSR count). The minimum absolute atomic E-state index is 0.0662. The van der Waals surface area contributed by atoms with E-state index in [0.29, 0.717) is 21.4 Å². The average Bonchev–Trinajstić information content (AvgIpc) is 2.24. The number of hydrogen-bond donors (Lipinski definition) is 3. The van der Waals surface area contributed by atoms with E-state index in [4.69, 9.17) is 34.0 Å². The Morgan fingerprint density at radius 3 is 2.33 bits per heavy atom. The molecule has 0 spiro atoms. The Morgan fingerprint density at radius 2 is 1.83 bits per heavy atom. The molecule has 0 aliphatic heterocycles. The van der Waals surface area contributed by atoms with Gasteiger partial charge < -0.3 is 16.2 Å². The molecule has 0 unspecified atom stereocenters. The van der Waals surface area contributed by atoms with Crippen LogP contribution in [0, 0.1) is 5.41 Å². The van der Waals surface area contributed by atoms with Gasteiger partial charge in [-0.1, -0.05) is 37.0 Å². The van der Waals surface area contributed by atoms with Crippen LogP contribution in [0.4, 0.5) is 11.4 Å². The molecule has 102 valence electrons. The molecule has 0 bridgehead atoms. The van der Waals surface area contributed by atoms with E-state index < -0.39 is 0 Å². The normalized spacial score (nSPS) is 11.6. The monoisotopic (exact) mass is 290 g/mol. The summed E-state index contributed by atoms with van der Waals surface area (Å²) in [6, 6.07) is 3.35. The van der Waals surface area contributed by atoms with E-state index in [2.05, 4.69) is 19.2 Å². The van der Waals surface area contributed by atoms with E-state index in [0.717, 1.165) is 19.4 Å². The highest BCUT2D eigenvalue weighted by Crippen LogP contribution is 2.34. The van der Waals surface area contributed by atoms with Gasteiger partial charge in [0.1, 0.15) is 0 Å². The molecule has 0 saturated heterocycles. The topological polar surface area (TPSA) is 58.3 Å². The van der Waals surface area contributed by atoms with E-state index in [1.165, 1.54) is 0 Å². The van der Waals surface area contributed by atoms with Gasteiger partial charge in [-0.15, -0.1) is 0 Å². The molecule has 0 aliphatic carbocycles. The lowest BCUT2D eigenvalue weighted by Gasteiger charge is -2.26. The molecule has 4 N–H and O–H groups in total. The number of nitrogen functional groups attached to an aromatic ring is 1. The summed E-state index contributed by atoms with van der Waals surface area (Å²) in [5.74, 6) is 0. The zero-order valence-corrected chi connectivity index (χ0v) is 12.3. The highest BCUT2D eigenvalue weighted by molar-refractivity contribution is 6.39. The second kappa shape index (κ2) is 6.50. The van der Waals surface area contributed by atoms with Crippen LogP contribution < -0.4 is 11.1 Å². The number of aliphatic hydroxyl groups excluding tert-OH is 1. The van der Waals surface area contributed by atoms with Crippen molar-refractivity contribution in [3.8, 4) is 0 Å². The molecular weight excluding hydrogens is 271 g/mol. The van der Waals surface area contributed by atoms with Crippen LogP contribution in [-0.2, 0) is 0 Å². The Bertz CT molecular complexity index is 385. The van der Waals surface area contributed by atoms with Crippen LogP contribution in [0.2, 0.25) is 10.0 Å². The fraction of sp³-hybridized carbons (Fsp3) is 0.538. The van der Waals surface area contributed by atoms with E-state index in [1.807, 2.05) is 0 Å². The number of benzene rings is 1. The third-order valence-electron chi connectivity index (χ3n) is 2.82. The van der Waals surface area contributed by atoms with Crippen molar-refractivity contribution in [1.82, 2.24) is 0 Å². The summed E-state index contributed by atoms with van der Waals surface area (Å²) >= 11 is 12.2. The van der Waals surface area contributed by atoms with Crippen LogP contribution in [-0.4, -0.2) is 18.3 Å². The number of hydrogen-bond acceptors (Lipinski definition) is 3. The predicted molar refractivity (Wildman–Crippen MR) is 79.5 cm³/mol. The molecule has 0 aliphatic rings. The lowest BCUT2D eigenvalue weighted by atomic mass is 9.88. The number of anilines is 2. The summed E-state index contributed by atoms with van der Waals surface area (Å²) in [5.41, 5.74) is 6.98. The molecule has 0 atom stereocenters. The Balaban J connectivity index is 2.69. The fourth-order valence-corrected chi connectivity index (χ4v) is 2.37. The molecule has 18 heavy (non-hydrogen) atoms. The summed E-state index contributed by atoms with van der Waals surface area (Å²) in [6.07, 6.45) is 1.72. The van der Waals surface area contributed by atoms with Crippen molar-refractivity contribution in [2.45, 2.75) is 26.7 Å². The molecule has 0 amide bonds. The van der Waals surface area contributed by atoms with E-state index >= 15 is 0 Å². The van der Waals surface area contributed by atoms with Gasteiger partial charge in [0.25, 0.3) is 0 Å². The summed E-state index contributed by atoms with van der Waals surface area (Å²) in [5, 5.41) is 13.2. The number of rotatable bonds is 6. The molecule has 1 aromatic carbocycles. The van der Waals surface area contributed by atoms with E-state index in [-0.39, 0.29) is 12.0 Å². The van der Waals surface area contributed by atoms with Gasteiger partial charge in [-0.05, 0) is 30.4 Å². The zero-order chi connectivity index (χ0) is 13.8. The van der Waals surface area contributed by atoms with Gasteiger partial charge in [-0.2, -0.15) is 0 Å². The van der Waals surface area contributed by atoms with Crippen molar-refractivity contribution >= 4 is 34.6 Å². The third kappa shape index (κ3) is 4.56. The maximum atomic E-state index is 8.86. The Morgan fingerprint density at radius 1 is 1.28 bits per heavy atom. The SMILES string of the molecule is CC(C)(CCCO)CNc1c(Cl)cc(N)cc1Cl. The average molecular weight is 291 g/mol. The van der Waals surface area contributed by atoms with Crippen LogP contribution in [0.5, 0.6) is 0 Å². The summed E-state index contributed by atoms with van der Waals surface area (Å²) < 4.78 is 0. The quantitative estimate of drug-likeness (QED) is 0.699. The van der Waals surface area contributed by atoms with Gasteiger partial charge in [-0.25, -0.2) is 0 Å².